The van der Waals surface area contributed by atoms with Gasteiger partial charge >= 0.3 is 0 Å². The first-order valence-electron chi connectivity index (χ1n) is 11.3. The number of carbonyl (C=O) groups excluding carboxylic acids is 1. The first-order valence-corrected chi connectivity index (χ1v) is 11.3. The van der Waals surface area contributed by atoms with Crippen LogP contribution in [0, 0.1) is 6.92 Å². The van der Waals surface area contributed by atoms with Crippen LogP contribution in [0.5, 0.6) is 17.2 Å². The molecule has 7 heteroatoms. The zero-order valence-electron chi connectivity index (χ0n) is 20.5. The normalized spacial score (nSPS) is 11.4. The SMILES string of the molecule is CCOc1cc2occ(-c3cc(OC)ccc3OC)c2cc1/C(C)=C/C(=O)Nc1cccc(C)n1. The number of furan rings is 1. The molecule has 4 rings (SSSR count). The van der Waals surface area contributed by atoms with Crippen LogP contribution >= 0.6 is 0 Å². The van der Waals surface area contributed by atoms with E-state index in [9.17, 15) is 4.79 Å². The van der Waals surface area contributed by atoms with Crippen molar-refractivity contribution in [2.45, 2.75) is 20.8 Å². The first kappa shape index (κ1) is 23.9. The summed E-state index contributed by atoms with van der Waals surface area (Å²) in [6.07, 6.45) is 3.23. The van der Waals surface area contributed by atoms with Crippen LogP contribution in [0.25, 0.3) is 27.7 Å². The number of hydrogen-bond donors (Lipinski definition) is 1. The fraction of sp³-hybridized carbons (Fsp3) is 0.214. The largest absolute Gasteiger partial charge is 0.497 e. The van der Waals surface area contributed by atoms with Gasteiger partial charge in [-0.25, -0.2) is 4.98 Å². The van der Waals surface area contributed by atoms with Crippen molar-refractivity contribution in [1.82, 2.24) is 4.98 Å². The van der Waals surface area contributed by atoms with E-state index in [1.54, 1.807) is 32.6 Å². The molecule has 2 aromatic carbocycles. The van der Waals surface area contributed by atoms with Gasteiger partial charge in [-0.2, -0.15) is 0 Å². The number of rotatable bonds is 8. The van der Waals surface area contributed by atoms with Crippen molar-refractivity contribution in [3.8, 4) is 28.4 Å². The van der Waals surface area contributed by atoms with Gasteiger partial charge in [-0.1, -0.05) is 6.07 Å². The maximum atomic E-state index is 12.7. The molecule has 0 spiro atoms. The minimum Gasteiger partial charge on any atom is -0.497 e. The van der Waals surface area contributed by atoms with Gasteiger partial charge in [-0.3, -0.25) is 4.79 Å². The van der Waals surface area contributed by atoms with Crippen molar-refractivity contribution in [1.29, 1.82) is 0 Å². The number of amides is 1. The van der Waals surface area contributed by atoms with Crippen LogP contribution in [0.2, 0.25) is 0 Å². The molecule has 7 nitrogen and oxygen atoms in total. The van der Waals surface area contributed by atoms with Crippen molar-refractivity contribution in [3.63, 3.8) is 0 Å². The fourth-order valence-electron chi connectivity index (χ4n) is 3.92. The third kappa shape index (κ3) is 5.14. The topological polar surface area (TPSA) is 82.8 Å². The number of methoxy groups -OCH3 is 2. The summed E-state index contributed by atoms with van der Waals surface area (Å²) in [5.41, 5.74) is 4.71. The number of aryl methyl sites for hydroxylation is 1. The molecule has 1 amide bonds. The minimum atomic E-state index is -0.273. The molecule has 0 radical (unpaired) electrons. The van der Waals surface area contributed by atoms with E-state index in [0.29, 0.717) is 35.3 Å². The maximum Gasteiger partial charge on any atom is 0.249 e. The van der Waals surface area contributed by atoms with Gasteiger partial charge in [0.15, 0.2) is 0 Å². The highest BCUT2D eigenvalue weighted by molar-refractivity contribution is 6.05. The van der Waals surface area contributed by atoms with Gasteiger partial charge in [0.05, 0.1) is 27.1 Å². The van der Waals surface area contributed by atoms with Crippen molar-refractivity contribution in [2.75, 3.05) is 26.1 Å². The summed E-state index contributed by atoms with van der Waals surface area (Å²) in [4.78, 5) is 17.0. The Kier molecular flexibility index (Phi) is 7.06. The molecule has 0 bridgehead atoms. The van der Waals surface area contributed by atoms with Crippen LogP contribution in [0.4, 0.5) is 5.82 Å². The molecule has 2 heterocycles. The number of benzene rings is 2. The monoisotopic (exact) mass is 472 g/mol. The Balaban J connectivity index is 1.78. The second kappa shape index (κ2) is 10.3. The summed E-state index contributed by atoms with van der Waals surface area (Å²) in [6.45, 7) is 6.14. The van der Waals surface area contributed by atoms with E-state index in [1.165, 1.54) is 0 Å². The number of aromatic nitrogens is 1. The number of allylic oxidation sites excluding steroid dienone is 1. The molecule has 0 saturated heterocycles. The van der Waals surface area contributed by atoms with Crippen LogP contribution < -0.4 is 19.5 Å². The van der Waals surface area contributed by atoms with Crippen LogP contribution in [-0.2, 0) is 4.79 Å². The number of nitrogens with one attached hydrogen (secondary N) is 1. The van der Waals surface area contributed by atoms with Crippen molar-refractivity contribution in [2.24, 2.45) is 0 Å². The lowest BCUT2D eigenvalue weighted by Crippen LogP contribution is -2.10. The molecule has 2 aromatic heterocycles. The van der Waals surface area contributed by atoms with Crippen LogP contribution in [0.1, 0.15) is 25.1 Å². The lowest BCUT2D eigenvalue weighted by atomic mass is 9.98. The van der Waals surface area contributed by atoms with Crippen molar-refractivity contribution < 1.29 is 23.4 Å². The minimum absolute atomic E-state index is 0.273. The molecule has 35 heavy (non-hydrogen) atoms. The highest BCUT2D eigenvalue weighted by Gasteiger charge is 2.18. The second-order valence-electron chi connectivity index (χ2n) is 7.97. The van der Waals surface area contributed by atoms with E-state index < -0.39 is 0 Å². The van der Waals surface area contributed by atoms with E-state index in [4.69, 9.17) is 18.6 Å². The number of pyridine rings is 1. The average molecular weight is 473 g/mol. The van der Waals surface area contributed by atoms with Gasteiger partial charge in [0.25, 0.3) is 0 Å². The third-order valence-corrected chi connectivity index (χ3v) is 5.58. The lowest BCUT2D eigenvalue weighted by Gasteiger charge is -2.13. The number of nitrogens with zero attached hydrogens (tertiary/aromatic N) is 1. The highest BCUT2D eigenvalue weighted by Crippen LogP contribution is 2.41. The number of carbonyl (C=O) groups is 1. The van der Waals surface area contributed by atoms with Crippen LogP contribution in [-0.4, -0.2) is 31.7 Å². The summed E-state index contributed by atoms with van der Waals surface area (Å²) in [6, 6.07) is 14.9. The van der Waals surface area contributed by atoms with Gasteiger partial charge in [-0.15, -0.1) is 0 Å². The molecule has 0 saturated carbocycles. The predicted octanol–water partition coefficient (Wildman–Crippen LogP) is 6.26. The second-order valence-corrected chi connectivity index (χ2v) is 7.97. The first-order chi connectivity index (χ1) is 16.9. The Morgan fingerprint density at radius 1 is 1.06 bits per heavy atom. The van der Waals surface area contributed by atoms with E-state index in [1.807, 2.05) is 63.2 Å². The number of hydrogen-bond acceptors (Lipinski definition) is 6. The summed E-state index contributed by atoms with van der Waals surface area (Å²) in [7, 11) is 3.25. The van der Waals surface area contributed by atoms with Gasteiger partial charge in [-0.05, 0) is 62.7 Å². The van der Waals surface area contributed by atoms with Crippen LogP contribution in [0.15, 0.2) is 65.3 Å². The summed E-state index contributed by atoms with van der Waals surface area (Å²) >= 11 is 0. The van der Waals surface area contributed by atoms with E-state index in [2.05, 4.69) is 10.3 Å². The number of anilines is 1. The van der Waals surface area contributed by atoms with Gasteiger partial charge in [0.1, 0.15) is 28.6 Å². The van der Waals surface area contributed by atoms with Crippen LogP contribution in [0.3, 0.4) is 0 Å². The Morgan fingerprint density at radius 3 is 2.60 bits per heavy atom. The molecule has 0 unspecified atom stereocenters. The summed E-state index contributed by atoms with van der Waals surface area (Å²) in [5, 5.41) is 3.68. The van der Waals surface area contributed by atoms with Crippen molar-refractivity contribution >= 4 is 28.3 Å². The Labute approximate surface area is 204 Å². The van der Waals surface area contributed by atoms with E-state index in [0.717, 1.165) is 33.3 Å². The molecule has 180 valence electrons. The summed E-state index contributed by atoms with van der Waals surface area (Å²) < 4.78 is 22.8. The molecule has 0 aliphatic rings. The predicted molar refractivity (Wildman–Crippen MR) is 137 cm³/mol. The lowest BCUT2D eigenvalue weighted by molar-refractivity contribution is -0.111. The standard InChI is InChI=1S/C28H28N2O5/c1-6-34-25-15-26-22(23(16-35-26)21-13-19(32-4)10-11-24(21)33-5)14-20(25)17(2)12-28(31)30-27-9-7-8-18(3)29-27/h7-16H,6H2,1-5H3,(H,29,30,31)/b17-12+. The zero-order chi connectivity index (χ0) is 24.9. The Morgan fingerprint density at radius 2 is 1.89 bits per heavy atom. The molecular formula is C28H28N2O5. The molecule has 0 aliphatic carbocycles. The summed E-state index contributed by atoms with van der Waals surface area (Å²) in [5.74, 6) is 2.26. The third-order valence-electron chi connectivity index (χ3n) is 5.58. The molecule has 0 aliphatic heterocycles. The zero-order valence-corrected chi connectivity index (χ0v) is 20.5. The molecular weight excluding hydrogens is 444 g/mol. The molecule has 4 aromatic rings. The van der Waals surface area contributed by atoms with E-state index >= 15 is 0 Å². The van der Waals surface area contributed by atoms with E-state index in [-0.39, 0.29) is 5.91 Å². The van der Waals surface area contributed by atoms with Gasteiger partial charge in [0, 0.05) is 39.9 Å². The highest BCUT2D eigenvalue weighted by atomic mass is 16.5. The average Bonchev–Trinajstić information content (AvgIpc) is 3.25. The Bertz CT molecular complexity index is 1400. The molecule has 1 N–H and O–H groups in total. The smallest absolute Gasteiger partial charge is 0.249 e. The maximum absolute atomic E-state index is 12.7. The Hall–Kier alpha value is -4.26. The number of ether oxygens (including phenoxy) is 3. The quantitative estimate of drug-likeness (QED) is 0.305. The number of fused-ring (bicyclic) bond motifs is 1. The fourth-order valence-corrected chi connectivity index (χ4v) is 3.92. The molecule has 0 fully saturated rings. The van der Waals surface area contributed by atoms with Gasteiger partial charge < -0.3 is 23.9 Å². The molecule has 0 atom stereocenters. The van der Waals surface area contributed by atoms with Gasteiger partial charge in [0.2, 0.25) is 5.91 Å². The van der Waals surface area contributed by atoms with Crippen molar-refractivity contribution in [3.05, 3.63) is 72.1 Å².